The number of aliphatic imine (C=N–C) groups is 1. The Morgan fingerprint density at radius 1 is 1.17 bits per heavy atom. The Balaban J connectivity index is 1.51. The van der Waals surface area contributed by atoms with Gasteiger partial charge >= 0.3 is 0 Å². The maximum Gasteiger partial charge on any atom is 0.262 e. The van der Waals surface area contributed by atoms with Gasteiger partial charge in [0.15, 0.2) is 16.6 Å². The smallest absolute Gasteiger partial charge is 0.262 e. The Labute approximate surface area is 176 Å². The Morgan fingerprint density at radius 3 is 2.70 bits per heavy atom. The van der Waals surface area contributed by atoms with Crippen molar-refractivity contribution < 1.29 is 23.9 Å². The number of allylic oxidation sites excluding steroid dienone is 1. The molecule has 9 nitrogen and oxygen atoms in total. The van der Waals surface area contributed by atoms with Crippen molar-refractivity contribution in [1.29, 1.82) is 0 Å². The van der Waals surface area contributed by atoms with Crippen molar-refractivity contribution in [2.45, 2.75) is 12.8 Å². The number of dihydropyridines is 1. The molecule has 0 fully saturated rings. The normalized spacial score (nSPS) is 15.0. The van der Waals surface area contributed by atoms with Crippen molar-refractivity contribution in [3.05, 3.63) is 41.4 Å². The van der Waals surface area contributed by atoms with Crippen LogP contribution < -0.4 is 20.1 Å². The third-order valence-corrected chi connectivity index (χ3v) is 5.00. The van der Waals surface area contributed by atoms with Crippen LogP contribution in [0.15, 0.2) is 40.7 Å². The molecule has 1 aromatic heterocycles. The van der Waals surface area contributed by atoms with E-state index in [0.29, 0.717) is 34.4 Å². The summed E-state index contributed by atoms with van der Waals surface area (Å²) in [4.78, 5) is 44.0. The number of benzene rings is 1. The maximum absolute atomic E-state index is 12.2. The summed E-state index contributed by atoms with van der Waals surface area (Å²) in [6, 6.07) is 5.11. The molecule has 3 rings (SSSR count). The third kappa shape index (κ3) is 5.29. The van der Waals surface area contributed by atoms with Crippen LogP contribution in [0.5, 0.6) is 11.5 Å². The topological polar surface area (TPSA) is 119 Å². The number of thiazole rings is 1. The SMILES string of the molecule is COc1ccc(NC(=O)CCc2csc(NC(=O)C3C=CC=NC3=O)n2)cc1OC. The number of hydrogen-bond donors (Lipinski definition) is 2. The van der Waals surface area contributed by atoms with Crippen LogP contribution >= 0.6 is 11.3 Å². The molecule has 0 aliphatic carbocycles. The molecule has 1 aromatic carbocycles. The lowest BCUT2D eigenvalue weighted by molar-refractivity contribution is -0.128. The molecule has 30 heavy (non-hydrogen) atoms. The minimum atomic E-state index is -0.949. The van der Waals surface area contributed by atoms with Crippen molar-refractivity contribution in [3.63, 3.8) is 0 Å². The van der Waals surface area contributed by atoms with E-state index in [0.717, 1.165) is 0 Å². The van der Waals surface area contributed by atoms with E-state index in [1.54, 1.807) is 29.7 Å². The number of nitrogens with zero attached hydrogens (tertiary/aromatic N) is 2. The first-order valence-corrected chi connectivity index (χ1v) is 9.90. The number of hydrogen-bond acceptors (Lipinski definition) is 7. The molecular formula is C20H20N4O5S. The zero-order chi connectivity index (χ0) is 21.5. The van der Waals surface area contributed by atoms with Crippen molar-refractivity contribution in [2.75, 3.05) is 24.9 Å². The number of aromatic nitrogens is 1. The molecule has 2 N–H and O–H groups in total. The quantitative estimate of drug-likeness (QED) is 0.624. The van der Waals surface area contributed by atoms with Gasteiger partial charge in [0.2, 0.25) is 11.8 Å². The molecule has 10 heteroatoms. The van der Waals surface area contributed by atoms with Gasteiger partial charge in [-0.1, -0.05) is 6.08 Å². The Morgan fingerprint density at radius 2 is 1.97 bits per heavy atom. The maximum atomic E-state index is 12.2. The largest absolute Gasteiger partial charge is 0.493 e. The van der Waals surface area contributed by atoms with Gasteiger partial charge in [-0.25, -0.2) is 9.98 Å². The zero-order valence-corrected chi connectivity index (χ0v) is 17.2. The van der Waals surface area contributed by atoms with E-state index in [1.807, 2.05) is 0 Å². The third-order valence-electron chi connectivity index (χ3n) is 4.20. The highest BCUT2D eigenvalue weighted by Gasteiger charge is 2.25. The molecule has 3 amide bonds. The second-order valence-electron chi connectivity index (χ2n) is 6.23. The predicted octanol–water partition coefficient (Wildman–Crippen LogP) is 2.45. The van der Waals surface area contributed by atoms with Crippen molar-refractivity contribution in [2.24, 2.45) is 10.9 Å². The van der Waals surface area contributed by atoms with Gasteiger partial charge in [0.1, 0.15) is 5.92 Å². The molecular weight excluding hydrogens is 408 g/mol. The van der Waals surface area contributed by atoms with E-state index in [4.69, 9.17) is 9.47 Å². The average Bonchev–Trinajstić information content (AvgIpc) is 3.19. The van der Waals surface area contributed by atoms with Gasteiger partial charge < -0.3 is 20.1 Å². The number of anilines is 2. The van der Waals surface area contributed by atoms with E-state index >= 15 is 0 Å². The highest BCUT2D eigenvalue weighted by molar-refractivity contribution is 7.13. The minimum absolute atomic E-state index is 0.184. The molecule has 0 bridgehead atoms. The summed E-state index contributed by atoms with van der Waals surface area (Å²) in [5.41, 5.74) is 1.26. The molecule has 2 aromatic rings. The molecule has 156 valence electrons. The minimum Gasteiger partial charge on any atom is -0.493 e. The summed E-state index contributed by atoms with van der Waals surface area (Å²) < 4.78 is 10.4. The zero-order valence-electron chi connectivity index (χ0n) is 16.4. The van der Waals surface area contributed by atoms with Gasteiger partial charge in [-0.3, -0.25) is 14.4 Å². The Hall–Kier alpha value is -3.53. The first-order valence-electron chi connectivity index (χ1n) is 9.02. The van der Waals surface area contributed by atoms with Crippen LogP contribution in [0.3, 0.4) is 0 Å². The molecule has 1 atom stereocenters. The lowest BCUT2D eigenvalue weighted by atomic mass is 10.1. The second-order valence-corrected chi connectivity index (χ2v) is 7.09. The Kier molecular flexibility index (Phi) is 6.91. The molecule has 0 saturated heterocycles. The second kappa shape index (κ2) is 9.79. The van der Waals surface area contributed by atoms with Crippen LogP contribution in [0.4, 0.5) is 10.8 Å². The predicted molar refractivity (Wildman–Crippen MR) is 113 cm³/mol. The number of nitrogens with one attached hydrogen (secondary N) is 2. The summed E-state index contributed by atoms with van der Waals surface area (Å²) >= 11 is 1.23. The molecule has 0 spiro atoms. The summed E-state index contributed by atoms with van der Waals surface area (Å²) in [6.45, 7) is 0. The Bertz CT molecular complexity index is 1010. The molecule has 1 aliphatic rings. The number of carbonyl (C=O) groups is 3. The first-order chi connectivity index (χ1) is 14.5. The van der Waals surface area contributed by atoms with E-state index in [2.05, 4.69) is 20.6 Å². The van der Waals surface area contributed by atoms with E-state index in [1.165, 1.54) is 37.8 Å². The molecule has 1 aliphatic heterocycles. The van der Waals surface area contributed by atoms with E-state index < -0.39 is 17.7 Å². The van der Waals surface area contributed by atoms with E-state index in [-0.39, 0.29) is 12.3 Å². The number of methoxy groups -OCH3 is 2. The summed E-state index contributed by atoms with van der Waals surface area (Å²) in [7, 11) is 3.06. The van der Waals surface area contributed by atoms with Crippen LogP contribution in [0.1, 0.15) is 12.1 Å². The number of ether oxygens (including phenoxy) is 2. The van der Waals surface area contributed by atoms with Gasteiger partial charge in [0, 0.05) is 29.8 Å². The van der Waals surface area contributed by atoms with Gasteiger partial charge in [-0.05, 0) is 24.6 Å². The highest BCUT2D eigenvalue weighted by atomic mass is 32.1. The molecule has 1 unspecified atom stereocenters. The molecule has 0 radical (unpaired) electrons. The van der Waals surface area contributed by atoms with Crippen LogP contribution in [0.2, 0.25) is 0 Å². The van der Waals surface area contributed by atoms with Crippen LogP contribution in [-0.4, -0.2) is 43.1 Å². The van der Waals surface area contributed by atoms with Gasteiger partial charge in [-0.15, -0.1) is 11.3 Å². The van der Waals surface area contributed by atoms with Crippen molar-refractivity contribution in [3.8, 4) is 11.5 Å². The van der Waals surface area contributed by atoms with Crippen LogP contribution in [-0.2, 0) is 20.8 Å². The molecule has 2 heterocycles. The van der Waals surface area contributed by atoms with Gasteiger partial charge in [0.05, 0.1) is 19.9 Å². The number of rotatable bonds is 8. The van der Waals surface area contributed by atoms with Crippen molar-refractivity contribution in [1.82, 2.24) is 4.98 Å². The summed E-state index contributed by atoms with van der Waals surface area (Å²) in [5.74, 6) is -1.04. The van der Waals surface area contributed by atoms with Gasteiger partial charge in [0.25, 0.3) is 5.91 Å². The van der Waals surface area contributed by atoms with E-state index in [9.17, 15) is 14.4 Å². The van der Waals surface area contributed by atoms with Crippen LogP contribution in [0, 0.1) is 5.92 Å². The average molecular weight is 428 g/mol. The standard InChI is InChI=1S/C20H20N4O5S/c1-28-15-7-5-12(10-16(15)29-2)22-17(25)8-6-13-11-30-20(23-13)24-19(27)14-4-3-9-21-18(14)26/h3-5,7,9-11,14H,6,8H2,1-2H3,(H,22,25)(H,23,24,27). The lowest BCUT2D eigenvalue weighted by Gasteiger charge is -2.10. The fourth-order valence-electron chi connectivity index (χ4n) is 2.68. The summed E-state index contributed by atoms with van der Waals surface area (Å²) in [5, 5.41) is 7.53. The monoisotopic (exact) mass is 428 g/mol. The highest BCUT2D eigenvalue weighted by Crippen LogP contribution is 2.29. The fourth-order valence-corrected chi connectivity index (χ4v) is 3.43. The summed E-state index contributed by atoms with van der Waals surface area (Å²) in [6.07, 6.45) is 5.00. The van der Waals surface area contributed by atoms with Crippen molar-refractivity contribution >= 4 is 46.1 Å². The fraction of sp³-hybridized carbons (Fsp3) is 0.250. The molecule has 0 saturated carbocycles. The van der Waals surface area contributed by atoms with Crippen LogP contribution in [0.25, 0.3) is 0 Å². The number of carbonyl (C=O) groups excluding carboxylic acids is 3. The van der Waals surface area contributed by atoms with Gasteiger partial charge in [-0.2, -0.15) is 0 Å². The number of amides is 3. The lowest BCUT2D eigenvalue weighted by Crippen LogP contribution is -2.28. The number of aryl methyl sites for hydroxylation is 1. The first kappa shape index (κ1) is 21.2.